The van der Waals surface area contributed by atoms with E-state index in [4.69, 9.17) is 14.2 Å². The SMILES string of the molecule is COc1cc2ncnc(Oc3ccc(NC(=O)C4(C(=O)Nc5ccc(F)cc5)CC4)cc3)c2cc1C(=O)NC1COC1. The maximum Gasteiger partial charge on any atom is 0.255 e. The van der Waals surface area contributed by atoms with Crippen LogP contribution in [0.2, 0.25) is 0 Å². The van der Waals surface area contributed by atoms with Crippen molar-refractivity contribution in [2.75, 3.05) is 31.0 Å². The number of nitrogens with one attached hydrogen (secondary N) is 3. The molecule has 214 valence electrons. The fourth-order valence-corrected chi connectivity index (χ4v) is 4.50. The zero-order valence-electron chi connectivity index (χ0n) is 22.5. The van der Waals surface area contributed by atoms with Crippen molar-refractivity contribution in [3.63, 3.8) is 0 Å². The summed E-state index contributed by atoms with van der Waals surface area (Å²) in [5, 5.41) is 8.88. The van der Waals surface area contributed by atoms with Crippen LogP contribution in [0.1, 0.15) is 23.2 Å². The summed E-state index contributed by atoms with van der Waals surface area (Å²) in [4.78, 5) is 47.2. The van der Waals surface area contributed by atoms with Gasteiger partial charge in [-0.2, -0.15) is 0 Å². The lowest BCUT2D eigenvalue weighted by molar-refractivity contribution is -0.131. The number of carbonyl (C=O) groups is 3. The molecule has 1 aliphatic heterocycles. The quantitative estimate of drug-likeness (QED) is 0.256. The summed E-state index contributed by atoms with van der Waals surface area (Å²) in [7, 11) is 1.48. The van der Waals surface area contributed by atoms with E-state index in [0.29, 0.717) is 65.4 Å². The Balaban J connectivity index is 1.15. The average Bonchev–Trinajstić information content (AvgIpc) is 3.79. The van der Waals surface area contributed by atoms with Crippen molar-refractivity contribution in [2.24, 2.45) is 5.41 Å². The minimum atomic E-state index is -1.18. The van der Waals surface area contributed by atoms with Crippen LogP contribution in [0.5, 0.6) is 17.4 Å². The molecule has 6 rings (SSSR count). The zero-order chi connectivity index (χ0) is 29.3. The van der Waals surface area contributed by atoms with Gasteiger partial charge in [0.1, 0.15) is 29.1 Å². The first-order valence-electron chi connectivity index (χ1n) is 13.2. The Hall–Kier alpha value is -5.10. The largest absolute Gasteiger partial charge is 0.496 e. The summed E-state index contributed by atoms with van der Waals surface area (Å²) in [5.74, 6) is -0.564. The Kier molecular flexibility index (Phi) is 7.13. The van der Waals surface area contributed by atoms with E-state index in [9.17, 15) is 18.8 Å². The van der Waals surface area contributed by atoms with Crippen molar-refractivity contribution in [3.05, 3.63) is 78.4 Å². The van der Waals surface area contributed by atoms with E-state index in [0.717, 1.165) is 0 Å². The molecule has 12 heteroatoms. The molecule has 0 bridgehead atoms. The highest BCUT2D eigenvalue weighted by atomic mass is 19.1. The van der Waals surface area contributed by atoms with E-state index in [1.807, 2.05) is 0 Å². The monoisotopic (exact) mass is 571 g/mol. The molecule has 1 aliphatic carbocycles. The molecule has 0 atom stereocenters. The van der Waals surface area contributed by atoms with Crippen molar-refractivity contribution in [2.45, 2.75) is 18.9 Å². The van der Waals surface area contributed by atoms with Crippen LogP contribution in [0, 0.1) is 11.2 Å². The third kappa shape index (κ3) is 5.44. The van der Waals surface area contributed by atoms with Gasteiger partial charge >= 0.3 is 0 Å². The summed E-state index contributed by atoms with van der Waals surface area (Å²) in [6.45, 7) is 0.916. The molecule has 3 N–H and O–H groups in total. The van der Waals surface area contributed by atoms with E-state index in [2.05, 4.69) is 25.9 Å². The lowest BCUT2D eigenvalue weighted by atomic mass is 10.0. The number of amides is 3. The normalized spacial score (nSPS) is 15.3. The summed E-state index contributed by atoms with van der Waals surface area (Å²) in [6, 6.07) is 15.2. The highest BCUT2D eigenvalue weighted by Crippen LogP contribution is 2.47. The average molecular weight is 572 g/mol. The van der Waals surface area contributed by atoms with Gasteiger partial charge in [0.25, 0.3) is 5.91 Å². The smallest absolute Gasteiger partial charge is 0.255 e. The number of nitrogens with zero attached hydrogens (tertiary/aromatic N) is 2. The van der Waals surface area contributed by atoms with Crippen molar-refractivity contribution in [1.82, 2.24) is 15.3 Å². The van der Waals surface area contributed by atoms with E-state index in [1.54, 1.807) is 36.4 Å². The van der Waals surface area contributed by atoms with Crippen molar-refractivity contribution in [3.8, 4) is 17.4 Å². The van der Waals surface area contributed by atoms with E-state index in [1.165, 1.54) is 37.7 Å². The number of methoxy groups -OCH3 is 1. The first-order valence-corrected chi connectivity index (χ1v) is 13.2. The van der Waals surface area contributed by atoms with E-state index >= 15 is 0 Å². The first kappa shape index (κ1) is 27.1. The van der Waals surface area contributed by atoms with Gasteiger partial charge in [0.05, 0.1) is 42.8 Å². The second-order valence-corrected chi connectivity index (χ2v) is 10.1. The zero-order valence-corrected chi connectivity index (χ0v) is 22.5. The molecule has 2 heterocycles. The molecule has 0 spiro atoms. The summed E-state index contributed by atoms with van der Waals surface area (Å²) in [6.07, 6.45) is 2.17. The lowest BCUT2D eigenvalue weighted by Gasteiger charge is -2.27. The Morgan fingerprint density at radius 1 is 0.929 bits per heavy atom. The van der Waals surface area contributed by atoms with Gasteiger partial charge in [-0.15, -0.1) is 0 Å². The molecule has 2 aliphatic rings. The Labute approximate surface area is 239 Å². The number of benzene rings is 3. The van der Waals surface area contributed by atoms with Crippen molar-refractivity contribution in [1.29, 1.82) is 0 Å². The first-order chi connectivity index (χ1) is 20.3. The van der Waals surface area contributed by atoms with Crippen LogP contribution in [0.25, 0.3) is 10.9 Å². The highest BCUT2D eigenvalue weighted by molar-refractivity contribution is 6.16. The molecular weight excluding hydrogens is 545 g/mol. The van der Waals surface area contributed by atoms with Crippen LogP contribution in [0.4, 0.5) is 15.8 Å². The number of fused-ring (bicyclic) bond motifs is 1. The maximum atomic E-state index is 13.2. The second kappa shape index (κ2) is 11.1. The van der Waals surface area contributed by atoms with Crippen LogP contribution in [0.3, 0.4) is 0 Å². The lowest BCUT2D eigenvalue weighted by Crippen LogP contribution is -2.48. The molecule has 3 amide bonds. The van der Waals surface area contributed by atoms with Gasteiger partial charge in [0.15, 0.2) is 0 Å². The van der Waals surface area contributed by atoms with Crippen molar-refractivity contribution < 1.29 is 33.0 Å². The summed E-state index contributed by atoms with van der Waals surface area (Å²) < 4.78 is 29.7. The number of carbonyl (C=O) groups excluding carboxylic acids is 3. The standard InChI is InChI=1S/C30H26FN5O6/c1-40-25-13-24-22(12-23(25)26(37)34-20-14-41-15-20)27(33-16-32-24)42-21-8-6-19(7-9-21)36-29(39)30(10-11-30)28(38)35-18-4-2-17(31)3-5-18/h2-9,12-13,16,20H,10-11,14-15H2,1H3,(H,34,37)(H,35,38)(H,36,39). The number of halogens is 1. The Morgan fingerprint density at radius 2 is 1.57 bits per heavy atom. The minimum absolute atomic E-state index is 0.0568. The van der Waals surface area contributed by atoms with E-state index in [-0.39, 0.29) is 17.8 Å². The van der Waals surface area contributed by atoms with Crippen LogP contribution < -0.4 is 25.4 Å². The number of rotatable bonds is 9. The molecule has 1 aromatic heterocycles. The molecule has 11 nitrogen and oxygen atoms in total. The predicted octanol–water partition coefficient (Wildman–Crippen LogP) is 4.06. The van der Waals surface area contributed by atoms with Gasteiger partial charge in [-0.1, -0.05) is 0 Å². The maximum absolute atomic E-state index is 13.2. The molecule has 1 saturated carbocycles. The van der Waals surface area contributed by atoms with E-state index < -0.39 is 23.0 Å². The molecule has 1 saturated heterocycles. The van der Waals surface area contributed by atoms with Gasteiger partial charge < -0.3 is 30.2 Å². The topological polar surface area (TPSA) is 141 Å². The number of anilines is 2. The molecule has 0 radical (unpaired) electrons. The molecule has 42 heavy (non-hydrogen) atoms. The van der Waals surface area contributed by atoms with Gasteiger partial charge in [-0.25, -0.2) is 14.4 Å². The van der Waals surface area contributed by atoms with Gasteiger partial charge in [0, 0.05) is 17.4 Å². The second-order valence-electron chi connectivity index (χ2n) is 10.1. The Bertz CT molecular complexity index is 1670. The third-order valence-electron chi connectivity index (χ3n) is 7.19. The number of aromatic nitrogens is 2. The van der Waals surface area contributed by atoms with Crippen LogP contribution in [-0.2, 0) is 14.3 Å². The van der Waals surface area contributed by atoms with Crippen LogP contribution >= 0.6 is 0 Å². The summed E-state index contributed by atoms with van der Waals surface area (Å²) in [5.41, 5.74) is 0.549. The van der Waals surface area contributed by atoms with Crippen LogP contribution in [-0.4, -0.2) is 54.1 Å². The van der Waals surface area contributed by atoms with Crippen LogP contribution in [0.15, 0.2) is 67.0 Å². The number of hydrogen-bond acceptors (Lipinski definition) is 8. The molecular formula is C30H26FN5O6. The summed E-state index contributed by atoms with van der Waals surface area (Å²) >= 11 is 0. The van der Waals surface area contributed by atoms with Gasteiger partial charge in [-0.3, -0.25) is 14.4 Å². The minimum Gasteiger partial charge on any atom is -0.496 e. The fraction of sp³-hybridized carbons (Fsp3) is 0.233. The number of ether oxygens (including phenoxy) is 3. The molecule has 0 unspecified atom stereocenters. The number of hydrogen-bond donors (Lipinski definition) is 3. The van der Waals surface area contributed by atoms with Gasteiger partial charge in [0.2, 0.25) is 17.7 Å². The van der Waals surface area contributed by atoms with Gasteiger partial charge in [-0.05, 0) is 67.4 Å². The molecule has 2 fully saturated rings. The molecule has 3 aromatic carbocycles. The third-order valence-corrected chi connectivity index (χ3v) is 7.19. The van der Waals surface area contributed by atoms with Crippen molar-refractivity contribution >= 4 is 40.0 Å². The predicted molar refractivity (Wildman–Crippen MR) is 150 cm³/mol. The molecule has 4 aromatic rings. The highest BCUT2D eigenvalue weighted by Gasteiger charge is 2.56. The fourth-order valence-electron chi connectivity index (χ4n) is 4.50. The Morgan fingerprint density at radius 3 is 2.14 bits per heavy atom.